The van der Waals surface area contributed by atoms with Crippen molar-refractivity contribution in [2.45, 2.75) is 33.8 Å². The monoisotopic (exact) mass is 335 g/mol. The van der Waals surface area contributed by atoms with Gasteiger partial charge in [0.1, 0.15) is 0 Å². The molecule has 1 fully saturated rings. The van der Waals surface area contributed by atoms with Crippen molar-refractivity contribution in [1.29, 1.82) is 0 Å². The fourth-order valence-corrected chi connectivity index (χ4v) is 5.71. The number of nitro groups is 1. The fourth-order valence-electron chi connectivity index (χ4n) is 3.65. The Bertz CT molecular complexity index is 746. The van der Waals surface area contributed by atoms with Gasteiger partial charge in [-0.25, -0.2) is 0 Å². The summed E-state index contributed by atoms with van der Waals surface area (Å²) in [7, 11) is 1.94. The van der Waals surface area contributed by atoms with Crippen LogP contribution < -0.4 is 0 Å². The number of benzene rings is 1. The maximum Gasteiger partial charge on any atom is 0.269 e. The second-order valence-electron chi connectivity index (χ2n) is 5.86. The Hall–Kier alpha value is -1.53. The molecule has 2 aromatic rings. The summed E-state index contributed by atoms with van der Waals surface area (Å²) in [5, 5.41) is 15.9. The Kier molecular flexibility index (Phi) is 3.20. The highest BCUT2D eigenvalue weighted by Crippen LogP contribution is 2.60. The number of halogens is 1. The second kappa shape index (κ2) is 4.99. The van der Waals surface area contributed by atoms with Crippen LogP contribution in [0, 0.1) is 10.1 Å². The molecule has 2 bridgehead atoms. The highest BCUT2D eigenvalue weighted by atomic mass is 35.5. The molecule has 1 aromatic heterocycles. The summed E-state index contributed by atoms with van der Waals surface area (Å²) in [6.45, 7) is 0. The highest BCUT2D eigenvalue weighted by Gasteiger charge is 2.53. The molecular weight excluding hydrogens is 322 g/mol. The van der Waals surface area contributed by atoms with E-state index in [2.05, 4.69) is 11.3 Å². The van der Waals surface area contributed by atoms with Crippen molar-refractivity contribution in [2.75, 3.05) is 0 Å². The van der Waals surface area contributed by atoms with E-state index < -0.39 is 0 Å². The van der Waals surface area contributed by atoms with Crippen molar-refractivity contribution >= 4 is 29.1 Å². The van der Waals surface area contributed by atoms with Gasteiger partial charge in [0.2, 0.25) is 0 Å². The van der Waals surface area contributed by atoms with Gasteiger partial charge >= 0.3 is 0 Å². The first kappa shape index (κ1) is 14.1. The Labute approximate surface area is 136 Å². The molecule has 0 aliphatic heterocycles. The number of non-ortho nitro benzene ring substituents is 1. The van der Waals surface area contributed by atoms with Gasteiger partial charge in [-0.05, 0) is 24.1 Å². The lowest BCUT2D eigenvalue weighted by Crippen LogP contribution is -2.12. The summed E-state index contributed by atoms with van der Waals surface area (Å²) in [4.78, 5) is 11.4. The summed E-state index contributed by atoms with van der Waals surface area (Å²) in [5.41, 5.74) is 2.58. The van der Waals surface area contributed by atoms with Gasteiger partial charge in [-0.3, -0.25) is 14.8 Å². The van der Waals surface area contributed by atoms with Gasteiger partial charge in [0.25, 0.3) is 5.69 Å². The zero-order chi connectivity index (χ0) is 15.4. The van der Waals surface area contributed by atoms with Gasteiger partial charge in [-0.15, -0.1) is 23.4 Å². The standard InChI is InChI=1S/C15H14ClN3O2S/c1-18-7-11-13-12(16)6-10(14(11)17-18)15(13)22-9-4-2-8(3-5-9)19(20)21/h2-5,7,10,12-13,15H,6H2,1H3/t10-,12+,13-,15-/m0/s1. The van der Waals surface area contributed by atoms with Crippen LogP contribution in [0.4, 0.5) is 5.69 Å². The number of nitro benzene ring substituents is 1. The van der Waals surface area contributed by atoms with Crippen LogP contribution in [0.2, 0.25) is 0 Å². The number of thioether (sulfide) groups is 1. The molecule has 22 heavy (non-hydrogen) atoms. The van der Waals surface area contributed by atoms with Crippen molar-refractivity contribution in [3.05, 3.63) is 51.8 Å². The molecule has 0 unspecified atom stereocenters. The molecule has 4 atom stereocenters. The van der Waals surface area contributed by atoms with Crippen molar-refractivity contribution in [1.82, 2.24) is 9.78 Å². The average molecular weight is 336 g/mol. The van der Waals surface area contributed by atoms with Gasteiger partial charge < -0.3 is 0 Å². The van der Waals surface area contributed by atoms with E-state index in [9.17, 15) is 10.1 Å². The third kappa shape index (κ3) is 2.05. The number of nitrogens with zero attached hydrogens (tertiary/aromatic N) is 3. The van der Waals surface area contributed by atoms with E-state index in [-0.39, 0.29) is 16.0 Å². The largest absolute Gasteiger partial charge is 0.275 e. The molecule has 0 N–H and O–H groups in total. The van der Waals surface area contributed by atoms with E-state index in [1.165, 1.54) is 11.3 Å². The Morgan fingerprint density at radius 1 is 1.41 bits per heavy atom. The molecule has 0 saturated heterocycles. The molecule has 2 aliphatic carbocycles. The van der Waals surface area contributed by atoms with Gasteiger partial charge in [-0.1, -0.05) is 0 Å². The predicted molar refractivity (Wildman–Crippen MR) is 85.7 cm³/mol. The van der Waals surface area contributed by atoms with E-state index in [0.717, 1.165) is 11.3 Å². The Morgan fingerprint density at radius 2 is 2.14 bits per heavy atom. The number of hydrogen-bond donors (Lipinski definition) is 0. The van der Waals surface area contributed by atoms with Crippen LogP contribution in [-0.2, 0) is 7.05 Å². The Balaban J connectivity index is 1.60. The lowest BCUT2D eigenvalue weighted by atomic mass is 9.98. The normalized spacial score (nSPS) is 28.8. The van der Waals surface area contributed by atoms with Gasteiger partial charge in [0.15, 0.2) is 0 Å². The molecule has 5 nitrogen and oxygen atoms in total. The number of aromatic nitrogens is 2. The number of hydrogen-bond acceptors (Lipinski definition) is 4. The third-order valence-electron chi connectivity index (χ3n) is 4.54. The van der Waals surface area contributed by atoms with E-state index in [4.69, 9.17) is 11.6 Å². The lowest BCUT2D eigenvalue weighted by Gasteiger charge is -2.17. The fraction of sp³-hybridized carbons (Fsp3) is 0.400. The van der Waals surface area contributed by atoms with Crippen LogP contribution in [0.15, 0.2) is 35.4 Å². The molecule has 114 valence electrons. The molecule has 2 aliphatic rings. The van der Waals surface area contributed by atoms with Gasteiger partial charge in [-0.2, -0.15) is 5.10 Å². The minimum Gasteiger partial charge on any atom is -0.275 e. The number of rotatable bonds is 3. The minimum absolute atomic E-state index is 0.125. The Morgan fingerprint density at radius 3 is 2.82 bits per heavy atom. The van der Waals surface area contributed by atoms with Gasteiger partial charge in [0.05, 0.1) is 10.6 Å². The molecule has 0 amide bonds. The molecule has 1 aromatic carbocycles. The summed E-state index contributed by atoms with van der Waals surface area (Å²) in [5.74, 6) is 0.694. The summed E-state index contributed by atoms with van der Waals surface area (Å²) in [6, 6.07) is 6.76. The van der Waals surface area contributed by atoms with Gasteiger partial charge in [0, 0.05) is 52.7 Å². The zero-order valence-electron chi connectivity index (χ0n) is 11.8. The molecule has 7 heteroatoms. The maximum absolute atomic E-state index is 10.7. The van der Waals surface area contributed by atoms with E-state index in [1.807, 2.05) is 23.9 Å². The highest BCUT2D eigenvalue weighted by molar-refractivity contribution is 8.00. The van der Waals surface area contributed by atoms with Crippen LogP contribution in [0.1, 0.15) is 29.5 Å². The second-order valence-corrected chi connectivity index (χ2v) is 7.67. The van der Waals surface area contributed by atoms with Crippen LogP contribution in [0.5, 0.6) is 0 Å². The van der Waals surface area contributed by atoms with E-state index in [0.29, 0.717) is 17.1 Å². The summed E-state index contributed by atoms with van der Waals surface area (Å²) in [6.07, 6.45) is 3.04. The van der Waals surface area contributed by atoms with E-state index in [1.54, 1.807) is 23.9 Å². The zero-order valence-corrected chi connectivity index (χ0v) is 13.4. The number of alkyl halides is 1. The van der Waals surface area contributed by atoms with Crippen molar-refractivity contribution in [3.8, 4) is 0 Å². The van der Waals surface area contributed by atoms with Crippen LogP contribution in [-0.4, -0.2) is 25.3 Å². The molecule has 0 radical (unpaired) electrons. The maximum atomic E-state index is 10.7. The molecule has 0 spiro atoms. The first-order valence-corrected chi connectivity index (χ1v) is 8.45. The van der Waals surface area contributed by atoms with Crippen LogP contribution in [0.25, 0.3) is 0 Å². The smallest absolute Gasteiger partial charge is 0.269 e. The molecule has 1 heterocycles. The van der Waals surface area contributed by atoms with Crippen molar-refractivity contribution < 1.29 is 4.92 Å². The number of fused-ring (bicyclic) bond motifs is 5. The quantitative estimate of drug-likeness (QED) is 0.487. The SMILES string of the molecule is Cn1cc2c(n1)[C@@H]1C[C@@H](Cl)[C@H]2[C@H]1Sc1ccc([N+](=O)[O-])cc1. The predicted octanol–water partition coefficient (Wildman–Crippen LogP) is 3.68. The summed E-state index contributed by atoms with van der Waals surface area (Å²) < 4.78 is 1.87. The average Bonchev–Trinajstić information content (AvgIpc) is 3.07. The first-order chi connectivity index (χ1) is 10.5. The van der Waals surface area contributed by atoms with Crippen molar-refractivity contribution in [2.24, 2.45) is 7.05 Å². The molecule has 1 saturated carbocycles. The first-order valence-electron chi connectivity index (χ1n) is 7.13. The summed E-state index contributed by atoms with van der Waals surface area (Å²) >= 11 is 8.30. The number of aryl methyl sites for hydroxylation is 1. The van der Waals surface area contributed by atoms with Crippen LogP contribution >= 0.6 is 23.4 Å². The minimum atomic E-state index is -0.373. The lowest BCUT2D eigenvalue weighted by molar-refractivity contribution is -0.384. The third-order valence-corrected chi connectivity index (χ3v) is 6.42. The topological polar surface area (TPSA) is 61.0 Å². The van der Waals surface area contributed by atoms with E-state index >= 15 is 0 Å². The van der Waals surface area contributed by atoms with Crippen LogP contribution in [0.3, 0.4) is 0 Å². The molecular formula is C15H14ClN3O2S. The van der Waals surface area contributed by atoms with Crippen molar-refractivity contribution in [3.63, 3.8) is 0 Å². The molecule has 4 rings (SSSR count).